The molecule has 0 aliphatic heterocycles. The molecule has 0 heterocycles. The van der Waals surface area contributed by atoms with Crippen molar-refractivity contribution in [2.45, 2.75) is 5.25 Å². The molecule has 0 fully saturated rings. The normalized spacial score (nSPS) is 11.5. The Morgan fingerprint density at radius 3 is 2.21 bits per heavy atom. The van der Waals surface area contributed by atoms with E-state index in [9.17, 15) is 36.9 Å². The van der Waals surface area contributed by atoms with Crippen LogP contribution in [-0.4, -0.2) is 54.9 Å². The van der Waals surface area contributed by atoms with Gasteiger partial charge in [0.15, 0.2) is 6.61 Å². The van der Waals surface area contributed by atoms with E-state index in [1.165, 1.54) is 0 Å². The Labute approximate surface area is 198 Å². The molecule has 0 aliphatic carbocycles. The van der Waals surface area contributed by atoms with Gasteiger partial charge in [-0.25, -0.2) is 9.59 Å². The summed E-state index contributed by atoms with van der Waals surface area (Å²) in [6, 6.07) is 9.20. The topological polar surface area (TPSA) is 159 Å². The summed E-state index contributed by atoms with van der Waals surface area (Å²) in [5, 5.41) is 6.12. The number of halogens is 3. The molecule has 0 spiro atoms. The smallest absolute Gasteiger partial charge is 0.402 e. The van der Waals surface area contributed by atoms with Gasteiger partial charge in [0.05, 0.1) is 16.1 Å². The van der Waals surface area contributed by atoms with E-state index < -0.39 is 55.7 Å². The Morgan fingerprint density at radius 2 is 1.64 bits per heavy atom. The van der Waals surface area contributed by atoms with Crippen LogP contribution in [0.15, 0.2) is 42.5 Å². The maximum atomic E-state index is 13.3. The molecular formula is C18H14F2INO10S. The third-order valence-corrected chi connectivity index (χ3v) is 5.39. The molecule has 0 unspecified atom stereocenters. The van der Waals surface area contributed by atoms with E-state index in [0.717, 1.165) is 15.7 Å². The zero-order valence-electron chi connectivity index (χ0n) is 16.3. The molecule has 0 saturated heterocycles. The Balaban J connectivity index is 2.11. The number of hydrogen-bond acceptors (Lipinski definition) is 9. The maximum Gasteiger partial charge on any atom is 0.402 e. The van der Waals surface area contributed by atoms with E-state index in [4.69, 9.17) is 14.0 Å². The molecule has 178 valence electrons. The van der Waals surface area contributed by atoms with Crippen molar-refractivity contribution in [1.29, 1.82) is 0 Å². The van der Waals surface area contributed by atoms with Gasteiger partial charge in [-0.1, -0.05) is 0 Å². The van der Waals surface area contributed by atoms with Gasteiger partial charge < -0.3 is 14.2 Å². The van der Waals surface area contributed by atoms with Gasteiger partial charge in [-0.05, 0) is 52.9 Å². The Morgan fingerprint density at radius 1 is 1.03 bits per heavy atom. The van der Waals surface area contributed by atoms with Gasteiger partial charge in [-0.15, -0.1) is 0 Å². The fourth-order valence-corrected chi connectivity index (χ4v) is 2.76. The van der Waals surface area contributed by atoms with Crippen LogP contribution in [0.2, 0.25) is 0 Å². The van der Waals surface area contributed by atoms with E-state index in [0.29, 0.717) is 11.8 Å². The highest BCUT2D eigenvalue weighted by Gasteiger charge is 2.46. The van der Waals surface area contributed by atoms with Crippen molar-refractivity contribution in [3.05, 3.63) is 67.3 Å². The lowest BCUT2D eigenvalue weighted by atomic mass is 10.1. The van der Waals surface area contributed by atoms with Gasteiger partial charge in [0.1, 0.15) is 19.0 Å². The lowest BCUT2D eigenvalue weighted by molar-refractivity contribution is -0.384. The first kappa shape index (κ1) is 26.3. The third-order valence-electron chi connectivity index (χ3n) is 3.80. The summed E-state index contributed by atoms with van der Waals surface area (Å²) in [5.74, 6) is -2.33. The fraction of sp³-hybridized carbons (Fsp3) is 0.222. The average molecular weight is 601 g/mol. The zero-order valence-corrected chi connectivity index (χ0v) is 19.2. The SMILES string of the molecule is O=C(OCCOc1ccc(I)cc1)c1ccc([N+](=O)[O-])cc1C(=O)OCC(F)(F)S(=O)(=O)O. The van der Waals surface area contributed by atoms with Crippen molar-refractivity contribution in [3.63, 3.8) is 0 Å². The number of non-ortho nitro benzene ring substituents is 1. The number of carbonyl (C=O) groups excluding carboxylic acids is 2. The van der Waals surface area contributed by atoms with Gasteiger partial charge in [0.25, 0.3) is 5.69 Å². The lowest BCUT2D eigenvalue weighted by Crippen LogP contribution is -2.34. The fourth-order valence-electron chi connectivity index (χ4n) is 2.20. The van der Waals surface area contributed by atoms with E-state index in [2.05, 4.69) is 27.3 Å². The number of ether oxygens (including phenoxy) is 3. The maximum absolute atomic E-state index is 13.3. The molecule has 33 heavy (non-hydrogen) atoms. The number of esters is 2. The first-order valence-electron chi connectivity index (χ1n) is 8.68. The number of nitro groups is 1. The monoisotopic (exact) mass is 601 g/mol. The molecule has 2 rings (SSSR count). The average Bonchev–Trinajstić information content (AvgIpc) is 2.75. The summed E-state index contributed by atoms with van der Waals surface area (Å²) < 4.78 is 71.8. The molecular weight excluding hydrogens is 587 g/mol. The first-order chi connectivity index (χ1) is 15.3. The highest BCUT2D eigenvalue weighted by molar-refractivity contribution is 14.1. The van der Waals surface area contributed by atoms with Crippen molar-refractivity contribution < 1.29 is 50.5 Å². The second-order valence-corrected chi connectivity index (χ2v) is 8.91. The van der Waals surface area contributed by atoms with E-state index in [1.807, 2.05) is 0 Å². The van der Waals surface area contributed by atoms with Crippen LogP contribution >= 0.6 is 22.6 Å². The summed E-state index contributed by atoms with van der Waals surface area (Å²) in [4.78, 5) is 34.5. The Hall–Kier alpha value is -2.92. The second-order valence-electron chi connectivity index (χ2n) is 6.11. The van der Waals surface area contributed by atoms with Crippen LogP contribution in [0.5, 0.6) is 5.75 Å². The van der Waals surface area contributed by atoms with E-state index in [1.54, 1.807) is 24.3 Å². The molecule has 2 aromatic rings. The van der Waals surface area contributed by atoms with Gasteiger partial charge in [0, 0.05) is 15.7 Å². The standard InChI is InChI=1S/C18H14F2INO10S/c19-18(20,33(27,28)29)10-32-17(24)15-9-12(22(25)26)3-6-14(15)16(23)31-8-7-30-13-4-1-11(21)2-5-13/h1-6,9H,7-8,10H2,(H,27,28,29). The van der Waals surface area contributed by atoms with Crippen molar-refractivity contribution >= 4 is 50.3 Å². The van der Waals surface area contributed by atoms with Crippen molar-refractivity contribution in [3.8, 4) is 5.75 Å². The summed E-state index contributed by atoms with van der Waals surface area (Å²) >= 11 is 2.10. The van der Waals surface area contributed by atoms with E-state index in [-0.39, 0.29) is 13.2 Å². The summed E-state index contributed by atoms with van der Waals surface area (Å²) in [6.07, 6.45) is 0. The molecule has 0 aliphatic rings. The van der Waals surface area contributed by atoms with E-state index >= 15 is 0 Å². The summed E-state index contributed by atoms with van der Waals surface area (Å²) in [6.45, 7) is -2.47. The number of alkyl halides is 2. The van der Waals surface area contributed by atoms with Crippen LogP contribution in [-0.2, 0) is 19.6 Å². The van der Waals surface area contributed by atoms with Crippen molar-refractivity contribution in [1.82, 2.24) is 0 Å². The number of benzene rings is 2. The summed E-state index contributed by atoms with van der Waals surface area (Å²) in [5.41, 5.74) is -2.06. The minimum atomic E-state index is -5.89. The molecule has 0 bridgehead atoms. The Bertz CT molecular complexity index is 1160. The van der Waals surface area contributed by atoms with Crippen LogP contribution in [0.1, 0.15) is 20.7 Å². The second kappa shape index (κ2) is 10.8. The molecule has 0 radical (unpaired) electrons. The van der Waals surface area contributed by atoms with Crippen molar-refractivity contribution in [2.24, 2.45) is 0 Å². The quantitative estimate of drug-likeness (QED) is 0.107. The minimum Gasteiger partial charge on any atom is -0.490 e. The number of nitro benzene ring substituents is 1. The zero-order chi connectivity index (χ0) is 24.8. The van der Waals surface area contributed by atoms with Crippen LogP contribution in [0.25, 0.3) is 0 Å². The number of rotatable bonds is 10. The highest BCUT2D eigenvalue weighted by atomic mass is 127. The number of hydrogen-bond donors (Lipinski definition) is 1. The predicted octanol–water partition coefficient (Wildman–Crippen LogP) is 3.07. The molecule has 0 atom stereocenters. The largest absolute Gasteiger partial charge is 0.490 e. The molecule has 0 saturated carbocycles. The van der Waals surface area contributed by atoms with Crippen LogP contribution in [0.4, 0.5) is 14.5 Å². The van der Waals surface area contributed by atoms with Gasteiger partial charge in [-0.3, -0.25) is 14.7 Å². The van der Waals surface area contributed by atoms with Gasteiger partial charge in [0.2, 0.25) is 0 Å². The van der Waals surface area contributed by atoms with Crippen LogP contribution < -0.4 is 4.74 Å². The van der Waals surface area contributed by atoms with Crippen LogP contribution in [0.3, 0.4) is 0 Å². The highest BCUT2D eigenvalue weighted by Crippen LogP contribution is 2.24. The molecule has 1 N–H and O–H groups in total. The van der Waals surface area contributed by atoms with Gasteiger partial charge >= 0.3 is 27.3 Å². The number of nitrogens with zero attached hydrogens (tertiary/aromatic N) is 1. The third kappa shape index (κ3) is 7.29. The minimum absolute atomic E-state index is 0.0837. The molecule has 15 heteroatoms. The molecule has 2 aromatic carbocycles. The molecule has 0 amide bonds. The number of carbonyl (C=O) groups is 2. The summed E-state index contributed by atoms with van der Waals surface area (Å²) in [7, 11) is -5.89. The van der Waals surface area contributed by atoms with Gasteiger partial charge in [-0.2, -0.15) is 17.2 Å². The first-order valence-corrected chi connectivity index (χ1v) is 11.2. The molecule has 0 aromatic heterocycles. The lowest BCUT2D eigenvalue weighted by Gasteiger charge is -2.14. The van der Waals surface area contributed by atoms with Crippen molar-refractivity contribution in [2.75, 3.05) is 19.8 Å². The van der Waals surface area contributed by atoms with Crippen LogP contribution in [0, 0.1) is 13.7 Å². The predicted molar refractivity (Wildman–Crippen MR) is 115 cm³/mol. The molecule has 11 nitrogen and oxygen atoms in total. The Kier molecular flexibility index (Phi) is 8.62.